The molecule has 1 aliphatic rings. The van der Waals surface area contributed by atoms with Gasteiger partial charge in [-0.2, -0.15) is 0 Å². The fraction of sp³-hybridized carbons (Fsp3) is 0.400. The van der Waals surface area contributed by atoms with Gasteiger partial charge in [-0.05, 0) is 12.0 Å². The van der Waals surface area contributed by atoms with Crippen LogP contribution < -0.4 is 10.6 Å². The van der Waals surface area contributed by atoms with Crippen molar-refractivity contribution in [3.8, 4) is 0 Å². The molecule has 0 radical (unpaired) electrons. The highest BCUT2D eigenvalue weighted by Crippen LogP contribution is 2.32. The van der Waals surface area contributed by atoms with Crippen LogP contribution in [0.5, 0.6) is 0 Å². The predicted molar refractivity (Wildman–Crippen MR) is 52.1 cm³/mol. The molecular weight excluding hydrogens is 186 g/mol. The Kier molecular flexibility index (Phi) is 2.06. The molecule has 0 amide bonds. The van der Waals surface area contributed by atoms with Crippen LogP contribution in [0.15, 0.2) is 12.1 Å². The Morgan fingerprint density at radius 3 is 2.50 bits per heavy atom. The van der Waals surface area contributed by atoms with Gasteiger partial charge in [-0.3, -0.25) is 0 Å². The lowest BCUT2D eigenvalue weighted by Crippen LogP contribution is -2.45. The standard InChI is InChI=1S/C10H12F2N2/c1-6-4-14(5-6)10-8(12)2-7(11)3-9(10)13/h2-3,6H,4-5,13H2,1H3. The van der Waals surface area contributed by atoms with Crippen LogP contribution in [0.3, 0.4) is 0 Å². The Bertz CT molecular complexity index is 336. The molecule has 0 aliphatic carbocycles. The van der Waals surface area contributed by atoms with Crippen molar-refractivity contribution in [2.24, 2.45) is 5.92 Å². The van der Waals surface area contributed by atoms with Gasteiger partial charge in [0, 0.05) is 19.2 Å². The highest BCUT2D eigenvalue weighted by Gasteiger charge is 2.26. The van der Waals surface area contributed by atoms with Crippen LogP contribution >= 0.6 is 0 Å². The zero-order chi connectivity index (χ0) is 10.3. The quantitative estimate of drug-likeness (QED) is 0.699. The van der Waals surface area contributed by atoms with Gasteiger partial charge in [-0.15, -0.1) is 0 Å². The van der Waals surface area contributed by atoms with Crippen LogP contribution in [-0.4, -0.2) is 13.1 Å². The second-order valence-electron chi connectivity index (χ2n) is 3.84. The second kappa shape index (κ2) is 3.12. The normalized spacial score (nSPS) is 16.9. The number of anilines is 2. The van der Waals surface area contributed by atoms with Crippen molar-refractivity contribution in [1.82, 2.24) is 0 Å². The minimum atomic E-state index is -0.627. The van der Waals surface area contributed by atoms with E-state index in [2.05, 4.69) is 6.92 Å². The lowest BCUT2D eigenvalue weighted by atomic mass is 10.0. The number of benzene rings is 1. The molecule has 14 heavy (non-hydrogen) atoms. The first-order valence-corrected chi connectivity index (χ1v) is 4.57. The first kappa shape index (κ1) is 9.24. The molecule has 0 bridgehead atoms. The highest BCUT2D eigenvalue weighted by atomic mass is 19.1. The average Bonchev–Trinajstić information content (AvgIpc) is 1.99. The number of nitrogens with zero attached hydrogens (tertiary/aromatic N) is 1. The van der Waals surface area contributed by atoms with Crippen molar-refractivity contribution < 1.29 is 8.78 Å². The molecule has 2 rings (SSSR count). The van der Waals surface area contributed by atoms with Crippen molar-refractivity contribution in [3.05, 3.63) is 23.8 Å². The zero-order valence-corrected chi connectivity index (χ0v) is 7.93. The first-order chi connectivity index (χ1) is 6.58. The Hall–Kier alpha value is -1.32. The Morgan fingerprint density at radius 2 is 2.00 bits per heavy atom. The third kappa shape index (κ3) is 1.41. The fourth-order valence-electron chi connectivity index (χ4n) is 1.80. The van der Waals surface area contributed by atoms with Crippen molar-refractivity contribution in [1.29, 1.82) is 0 Å². The molecule has 2 nitrogen and oxygen atoms in total. The number of halogens is 2. The molecule has 0 saturated carbocycles. The molecule has 1 saturated heterocycles. The van der Waals surface area contributed by atoms with Crippen LogP contribution in [0.25, 0.3) is 0 Å². The molecule has 1 heterocycles. The lowest BCUT2D eigenvalue weighted by molar-refractivity contribution is 0.439. The summed E-state index contributed by atoms with van der Waals surface area (Å²) in [5, 5.41) is 0. The summed E-state index contributed by atoms with van der Waals surface area (Å²) in [6.45, 7) is 3.65. The predicted octanol–water partition coefficient (Wildman–Crippen LogP) is 2.00. The fourth-order valence-corrected chi connectivity index (χ4v) is 1.80. The van der Waals surface area contributed by atoms with Crippen LogP contribution in [0.1, 0.15) is 6.92 Å². The van der Waals surface area contributed by atoms with E-state index in [0.29, 0.717) is 11.6 Å². The summed E-state index contributed by atoms with van der Waals surface area (Å²) in [4.78, 5) is 1.83. The Morgan fingerprint density at radius 1 is 1.36 bits per heavy atom. The molecule has 1 aromatic carbocycles. The van der Waals surface area contributed by atoms with Crippen LogP contribution in [0.4, 0.5) is 20.2 Å². The summed E-state index contributed by atoms with van der Waals surface area (Å²) >= 11 is 0. The minimum absolute atomic E-state index is 0.175. The summed E-state index contributed by atoms with van der Waals surface area (Å²) in [6.07, 6.45) is 0. The monoisotopic (exact) mass is 198 g/mol. The van der Waals surface area contributed by atoms with Crippen molar-refractivity contribution in [2.75, 3.05) is 23.7 Å². The van der Waals surface area contributed by atoms with Crippen molar-refractivity contribution >= 4 is 11.4 Å². The van der Waals surface area contributed by atoms with Gasteiger partial charge in [0.2, 0.25) is 0 Å². The van der Waals surface area contributed by atoms with E-state index in [0.717, 1.165) is 25.2 Å². The average molecular weight is 198 g/mol. The van der Waals surface area contributed by atoms with E-state index in [1.807, 2.05) is 4.90 Å². The van der Waals surface area contributed by atoms with Gasteiger partial charge in [0.05, 0.1) is 11.4 Å². The molecule has 1 aromatic rings. The molecule has 76 valence electrons. The van der Waals surface area contributed by atoms with Crippen molar-refractivity contribution in [2.45, 2.75) is 6.92 Å². The number of hydrogen-bond acceptors (Lipinski definition) is 2. The summed E-state index contributed by atoms with van der Waals surface area (Å²) in [5.74, 6) is -0.648. The lowest BCUT2D eigenvalue weighted by Gasteiger charge is -2.39. The topological polar surface area (TPSA) is 29.3 Å². The van der Waals surface area contributed by atoms with Gasteiger partial charge in [-0.1, -0.05) is 6.92 Å². The molecule has 0 aromatic heterocycles. The summed E-state index contributed by atoms with van der Waals surface area (Å²) in [5.41, 5.74) is 6.07. The Balaban J connectivity index is 2.33. The van der Waals surface area contributed by atoms with E-state index in [-0.39, 0.29) is 5.69 Å². The van der Waals surface area contributed by atoms with Gasteiger partial charge < -0.3 is 10.6 Å². The number of nitrogen functional groups attached to an aromatic ring is 1. The van der Waals surface area contributed by atoms with Crippen molar-refractivity contribution in [3.63, 3.8) is 0 Å². The van der Waals surface area contributed by atoms with E-state index in [9.17, 15) is 8.78 Å². The van der Waals surface area contributed by atoms with Crippen LogP contribution in [0.2, 0.25) is 0 Å². The maximum atomic E-state index is 13.3. The van der Waals surface area contributed by atoms with E-state index in [1.165, 1.54) is 0 Å². The second-order valence-corrected chi connectivity index (χ2v) is 3.84. The maximum Gasteiger partial charge on any atom is 0.151 e. The Labute approximate surface area is 81.3 Å². The summed E-state index contributed by atoms with van der Waals surface area (Å²) in [6, 6.07) is 2.02. The third-order valence-corrected chi connectivity index (χ3v) is 2.44. The molecule has 0 spiro atoms. The molecule has 2 N–H and O–H groups in total. The van der Waals surface area contributed by atoms with Crippen LogP contribution in [0, 0.1) is 17.6 Å². The number of rotatable bonds is 1. The minimum Gasteiger partial charge on any atom is -0.397 e. The molecule has 4 heteroatoms. The molecule has 1 fully saturated rings. The van der Waals surface area contributed by atoms with E-state index >= 15 is 0 Å². The summed E-state index contributed by atoms with van der Waals surface area (Å²) in [7, 11) is 0. The number of hydrogen-bond donors (Lipinski definition) is 1. The molecule has 0 atom stereocenters. The van der Waals surface area contributed by atoms with Gasteiger partial charge in [0.1, 0.15) is 5.82 Å². The maximum absolute atomic E-state index is 13.3. The third-order valence-electron chi connectivity index (χ3n) is 2.44. The van der Waals surface area contributed by atoms with Gasteiger partial charge in [0.25, 0.3) is 0 Å². The van der Waals surface area contributed by atoms with E-state index in [4.69, 9.17) is 5.73 Å². The van der Waals surface area contributed by atoms with Gasteiger partial charge >= 0.3 is 0 Å². The number of nitrogens with two attached hydrogens (primary N) is 1. The van der Waals surface area contributed by atoms with Gasteiger partial charge in [-0.25, -0.2) is 8.78 Å². The van der Waals surface area contributed by atoms with E-state index in [1.54, 1.807) is 0 Å². The summed E-state index contributed by atoms with van der Waals surface area (Å²) < 4.78 is 26.1. The molecule has 0 unspecified atom stereocenters. The largest absolute Gasteiger partial charge is 0.397 e. The first-order valence-electron chi connectivity index (χ1n) is 4.57. The highest BCUT2D eigenvalue weighted by molar-refractivity contribution is 5.69. The molecular formula is C10H12F2N2. The zero-order valence-electron chi connectivity index (χ0n) is 7.93. The molecule has 1 aliphatic heterocycles. The van der Waals surface area contributed by atoms with E-state index < -0.39 is 11.6 Å². The SMILES string of the molecule is CC1CN(c2c(N)cc(F)cc2F)C1. The van der Waals surface area contributed by atoms with Gasteiger partial charge in [0.15, 0.2) is 5.82 Å². The van der Waals surface area contributed by atoms with Crippen LogP contribution in [-0.2, 0) is 0 Å². The smallest absolute Gasteiger partial charge is 0.151 e.